The molecule has 1 atom stereocenters. The zero-order chi connectivity index (χ0) is 20.1. The molecule has 1 aliphatic carbocycles. The van der Waals surface area contributed by atoms with Crippen molar-refractivity contribution in [3.8, 4) is 0 Å². The molecule has 2 aromatic rings. The Hall–Kier alpha value is -3.35. The van der Waals surface area contributed by atoms with Gasteiger partial charge in [0.1, 0.15) is 0 Å². The molecule has 0 aromatic heterocycles. The van der Waals surface area contributed by atoms with Gasteiger partial charge < -0.3 is 10.6 Å². The lowest BCUT2D eigenvalue weighted by molar-refractivity contribution is -0.117. The highest BCUT2D eigenvalue weighted by Crippen LogP contribution is 2.30. The van der Waals surface area contributed by atoms with Crippen molar-refractivity contribution in [2.45, 2.75) is 32.7 Å². The number of nitrogens with one attached hydrogen (secondary N) is 4. The molecule has 1 fully saturated rings. The summed E-state index contributed by atoms with van der Waals surface area (Å²) in [5, 5.41) is 5.62. The van der Waals surface area contributed by atoms with Gasteiger partial charge in [0.15, 0.2) is 0 Å². The molecule has 3 rings (SSSR count). The molecule has 1 aliphatic rings. The molecule has 0 spiro atoms. The highest BCUT2D eigenvalue weighted by Gasteiger charge is 2.29. The van der Waals surface area contributed by atoms with E-state index in [-0.39, 0.29) is 17.9 Å². The quantitative estimate of drug-likeness (QED) is 0.600. The first-order valence-electron chi connectivity index (χ1n) is 9.26. The number of anilines is 1. The summed E-state index contributed by atoms with van der Waals surface area (Å²) in [7, 11) is 0. The van der Waals surface area contributed by atoms with Gasteiger partial charge in [-0.3, -0.25) is 15.0 Å². The van der Waals surface area contributed by atoms with Crippen molar-refractivity contribution in [1.29, 1.82) is 0 Å². The van der Waals surface area contributed by atoms with E-state index >= 15 is 0 Å². The molecule has 4 amide bonds. The molecule has 0 radical (unpaired) electrons. The molecule has 1 saturated carbocycles. The summed E-state index contributed by atoms with van der Waals surface area (Å²) in [4.78, 5) is 35.8. The minimum atomic E-state index is -0.515. The Morgan fingerprint density at radius 1 is 0.929 bits per heavy atom. The van der Waals surface area contributed by atoms with E-state index in [1.54, 1.807) is 12.1 Å². The van der Waals surface area contributed by atoms with Gasteiger partial charge in [0.25, 0.3) is 5.91 Å². The summed E-state index contributed by atoms with van der Waals surface area (Å²) in [5.74, 6) is -0.180. The van der Waals surface area contributed by atoms with Crippen LogP contribution >= 0.6 is 0 Å². The van der Waals surface area contributed by atoms with Crippen LogP contribution in [0.2, 0.25) is 0 Å². The maximum absolute atomic E-state index is 12.0. The van der Waals surface area contributed by atoms with Gasteiger partial charge in [-0.25, -0.2) is 10.2 Å². The minimum absolute atomic E-state index is 0.0580. The van der Waals surface area contributed by atoms with E-state index < -0.39 is 11.9 Å². The zero-order valence-electron chi connectivity index (χ0n) is 15.9. The normalized spacial score (nSPS) is 13.9. The fourth-order valence-electron chi connectivity index (χ4n) is 2.65. The van der Waals surface area contributed by atoms with E-state index in [2.05, 4.69) is 21.5 Å². The summed E-state index contributed by atoms with van der Waals surface area (Å²) in [6, 6.07) is 13.6. The molecule has 28 heavy (non-hydrogen) atoms. The van der Waals surface area contributed by atoms with Gasteiger partial charge in [-0.05, 0) is 56.5 Å². The Bertz CT molecular complexity index is 858. The van der Waals surface area contributed by atoms with Crippen LogP contribution in [0, 0.1) is 12.8 Å². The van der Waals surface area contributed by atoms with Crippen molar-refractivity contribution in [3.63, 3.8) is 0 Å². The summed E-state index contributed by atoms with van der Waals surface area (Å²) in [5.41, 5.74) is 7.85. The molecule has 7 heteroatoms. The second kappa shape index (κ2) is 8.56. The maximum Gasteiger partial charge on any atom is 0.333 e. The molecule has 7 nitrogen and oxygen atoms in total. The Morgan fingerprint density at radius 2 is 1.57 bits per heavy atom. The van der Waals surface area contributed by atoms with Gasteiger partial charge in [0.05, 0.1) is 6.04 Å². The lowest BCUT2D eigenvalue weighted by Crippen LogP contribution is -2.47. The second-order valence-electron chi connectivity index (χ2n) is 7.03. The Balaban J connectivity index is 1.46. The number of amides is 4. The van der Waals surface area contributed by atoms with Crippen molar-refractivity contribution in [1.82, 2.24) is 16.2 Å². The van der Waals surface area contributed by atoms with Crippen LogP contribution in [0.25, 0.3) is 0 Å². The Labute approximate surface area is 163 Å². The van der Waals surface area contributed by atoms with Crippen molar-refractivity contribution in [2.75, 3.05) is 5.32 Å². The highest BCUT2D eigenvalue weighted by molar-refractivity contribution is 5.95. The van der Waals surface area contributed by atoms with Crippen LogP contribution in [-0.4, -0.2) is 17.8 Å². The second-order valence-corrected chi connectivity index (χ2v) is 7.03. The first-order chi connectivity index (χ1) is 13.4. The minimum Gasteiger partial charge on any atom is -0.330 e. The SMILES string of the molecule is Cc1ccc(C(=O)NNC(=O)NC(C)c2ccc(NC(=O)C3CC3)cc2)cc1. The molecule has 1 unspecified atom stereocenters. The zero-order valence-corrected chi connectivity index (χ0v) is 15.9. The molecular formula is C21H24N4O3. The van der Waals surface area contributed by atoms with Gasteiger partial charge in [0, 0.05) is 17.2 Å². The average molecular weight is 380 g/mol. The van der Waals surface area contributed by atoms with E-state index in [1.807, 2.05) is 50.2 Å². The summed E-state index contributed by atoms with van der Waals surface area (Å²) >= 11 is 0. The number of rotatable bonds is 5. The van der Waals surface area contributed by atoms with E-state index in [0.29, 0.717) is 5.56 Å². The molecule has 0 bridgehead atoms. The monoisotopic (exact) mass is 380 g/mol. The van der Waals surface area contributed by atoms with Crippen LogP contribution in [0.4, 0.5) is 10.5 Å². The molecule has 4 N–H and O–H groups in total. The third-order valence-electron chi connectivity index (χ3n) is 4.58. The van der Waals surface area contributed by atoms with Crippen LogP contribution in [-0.2, 0) is 4.79 Å². The first-order valence-corrected chi connectivity index (χ1v) is 9.26. The molecule has 146 valence electrons. The van der Waals surface area contributed by atoms with E-state index in [4.69, 9.17) is 0 Å². The third-order valence-corrected chi connectivity index (χ3v) is 4.58. The first kappa shape index (κ1) is 19.4. The smallest absolute Gasteiger partial charge is 0.330 e. The molecule has 0 heterocycles. The predicted octanol–water partition coefficient (Wildman–Crippen LogP) is 3.05. The van der Waals surface area contributed by atoms with Gasteiger partial charge >= 0.3 is 6.03 Å². The number of hydrogen-bond acceptors (Lipinski definition) is 3. The van der Waals surface area contributed by atoms with E-state index in [0.717, 1.165) is 29.7 Å². The Morgan fingerprint density at radius 3 is 2.18 bits per heavy atom. The van der Waals surface area contributed by atoms with Crippen LogP contribution < -0.4 is 21.5 Å². The van der Waals surface area contributed by atoms with Crippen molar-refractivity contribution >= 4 is 23.5 Å². The topological polar surface area (TPSA) is 99.3 Å². The lowest BCUT2D eigenvalue weighted by atomic mass is 10.1. The maximum atomic E-state index is 12.0. The van der Waals surface area contributed by atoms with Crippen molar-refractivity contribution in [3.05, 3.63) is 65.2 Å². The summed E-state index contributed by atoms with van der Waals surface area (Å²) in [6.07, 6.45) is 1.92. The Kier molecular flexibility index (Phi) is 5.93. The molecule has 0 saturated heterocycles. The molecule has 2 aromatic carbocycles. The number of benzene rings is 2. The van der Waals surface area contributed by atoms with Crippen LogP contribution in [0.5, 0.6) is 0 Å². The van der Waals surface area contributed by atoms with E-state index in [1.165, 1.54) is 0 Å². The van der Waals surface area contributed by atoms with Crippen LogP contribution in [0.1, 0.15) is 47.3 Å². The number of hydrazine groups is 1. The number of carbonyl (C=O) groups is 3. The van der Waals surface area contributed by atoms with Gasteiger partial charge in [-0.1, -0.05) is 29.8 Å². The number of carbonyl (C=O) groups excluding carboxylic acids is 3. The fraction of sp³-hybridized carbons (Fsp3) is 0.286. The average Bonchev–Trinajstić information content (AvgIpc) is 3.52. The van der Waals surface area contributed by atoms with Gasteiger partial charge in [-0.2, -0.15) is 0 Å². The van der Waals surface area contributed by atoms with Crippen molar-refractivity contribution in [2.24, 2.45) is 5.92 Å². The van der Waals surface area contributed by atoms with Crippen LogP contribution in [0.3, 0.4) is 0 Å². The van der Waals surface area contributed by atoms with Crippen LogP contribution in [0.15, 0.2) is 48.5 Å². The number of hydrogen-bond donors (Lipinski definition) is 4. The standard InChI is InChI=1S/C21H24N4O3/c1-13-3-5-17(6-4-13)20(27)24-25-21(28)22-14(2)15-9-11-18(12-10-15)23-19(26)16-7-8-16/h3-6,9-12,14,16H,7-8H2,1-2H3,(H,23,26)(H,24,27)(H2,22,25,28). The largest absolute Gasteiger partial charge is 0.333 e. The van der Waals surface area contributed by atoms with Gasteiger partial charge in [0.2, 0.25) is 5.91 Å². The number of aryl methyl sites for hydroxylation is 1. The third kappa shape index (κ3) is 5.33. The highest BCUT2D eigenvalue weighted by atomic mass is 16.2. The predicted molar refractivity (Wildman–Crippen MR) is 107 cm³/mol. The lowest BCUT2D eigenvalue weighted by Gasteiger charge is -2.16. The fourth-order valence-corrected chi connectivity index (χ4v) is 2.65. The van der Waals surface area contributed by atoms with Gasteiger partial charge in [-0.15, -0.1) is 0 Å². The summed E-state index contributed by atoms with van der Waals surface area (Å²) in [6.45, 7) is 3.77. The molecule has 0 aliphatic heterocycles. The van der Waals surface area contributed by atoms with E-state index in [9.17, 15) is 14.4 Å². The summed E-state index contributed by atoms with van der Waals surface area (Å²) < 4.78 is 0. The number of urea groups is 1. The molecular weight excluding hydrogens is 356 g/mol. The van der Waals surface area contributed by atoms with Crippen molar-refractivity contribution < 1.29 is 14.4 Å².